The Morgan fingerprint density at radius 2 is 2.13 bits per heavy atom. The van der Waals surface area contributed by atoms with Crippen LogP contribution in [0.4, 0.5) is 0 Å². The predicted molar refractivity (Wildman–Crippen MR) is 85.3 cm³/mol. The summed E-state index contributed by atoms with van der Waals surface area (Å²) in [6, 6.07) is 8.70. The molecule has 1 amide bonds. The smallest absolute Gasteiger partial charge is 0.329 e. The summed E-state index contributed by atoms with van der Waals surface area (Å²) in [4.78, 5) is 32.8. The summed E-state index contributed by atoms with van der Waals surface area (Å²) >= 11 is 0. The van der Waals surface area contributed by atoms with Crippen LogP contribution in [-0.2, 0) is 27.3 Å². The number of hydrogen-bond acceptors (Lipinski definition) is 4. The van der Waals surface area contributed by atoms with Gasteiger partial charge in [0.05, 0.1) is 13.4 Å². The number of benzene rings is 1. The van der Waals surface area contributed by atoms with E-state index in [2.05, 4.69) is 16.5 Å². The van der Waals surface area contributed by atoms with E-state index in [0.717, 1.165) is 11.3 Å². The molecule has 0 fully saturated rings. The van der Waals surface area contributed by atoms with Gasteiger partial charge in [-0.2, -0.15) is 0 Å². The molecule has 0 aliphatic heterocycles. The summed E-state index contributed by atoms with van der Waals surface area (Å²) in [5.41, 5.74) is 1.66. The van der Waals surface area contributed by atoms with Gasteiger partial charge in [-0.15, -0.1) is 0 Å². The number of imidazole rings is 1. The molecule has 1 aromatic carbocycles. The Labute approximate surface area is 134 Å². The van der Waals surface area contributed by atoms with Crippen molar-refractivity contribution in [3.05, 3.63) is 66.8 Å². The third-order valence-corrected chi connectivity index (χ3v) is 3.47. The SMILES string of the molecule is C=CC(=O)N(Cc1ccccc1)[C@@H](Cc1cnc[nH]1)C(=O)OC. The summed E-state index contributed by atoms with van der Waals surface area (Å²) in [7, 11) is 1.31. The van der Waals surface area contributed by atoms with Crippen molar-refractivity contribution in [1.82, 2.24) is 14.9 Å². The van der Waals surface area contributed by atoms with Crippen LogP contribution in [0.15, 0.2) is 55.5 Å². The molecule has 23 heavy (non-hydrogen) atoms. The number of aromatic amines is 1. The van der Waals surface area contributed by atoms with E-state index in [-0.39, 0.29) is 5.91 Å². The zero-order chi connectivity index (χ0) is 16.7. The molecule has 2 aromatic rings. The van der Waals surface area contributed by atoms with E-state index in [0.29, 0.717) is 13.0 Å². The van der Waals surface area contributed by atoms with Gasteiger partial charge in [0.2, 0.25) is 5.91 Å². The second kappa shape index (κ2) is 7.93. The van der Waals surface area contributed by atoms with Gasteiger partial charge in [0.25, 0.3) is 0 Å². The lowest BCUT2D eigenvalue weighted by Gasteiger charge is -2.29. The fourth-order valence-corrected chi connectivity index (χ4v) is 2.30. The minimum absolute atomic E-state index is 0.291. The third kappa shape index (κ3) is 4.29. The highest BCUT2D eigenvalue weighted by atomic mass is 16.5. The van der Waals surface area contributed by atoms with E-state index in [4.69, 9.17) is 4.74 Å². The lowest BCUT2D eigenvalue weighted by molar-refractivity contribution is -0.151. The lowest BCUT2D eigenvalue weighted by atomic mass is 10.1. The lowest BCUT2D eigenvalue weighted by Crippen LogP contribution is -2.46. The van der Waals surface area contributed by atoms with Gasteiger partial charge >= 0.3 is 5.97 Å². The number of ether oxygens (including phenoxy) is 1. The van der Waals surface area contributed by atoms with Crippen LogP contribution in [-0.4, -0.2) is 39.9 Å². The number of nitrogens with one attached hydrogen (secondary N) is 1. The number of methoxy groups -OCH3 is 1. The molecular weight excluding hydrogens is 294 g/mol. The van der Waals surface area contributed by atoms with Gasteiger partial charge < -0.3 is 14.6 Å². The average molecular weight is 313 g/mol. The molecule has 1 aromatic heterocycles. The molecule has 1 N–H and O–H groups in total. The number of aromatic nitrogens is 2. The highest BCUT2D eigenvalue weighted by Gasteiger charge is 2.30. The highest BCUT2D eigenvalue weighted by Crippen LogP contribution is 2.14. The van der Waals surface area contributed by atoms with Crippen molar-refractivity contribution in [1.29, 1.82) is 0 Å². The van der Waals surface area contributed by atoms with E-state index in [9.17, 15) is 9.59 Å². The molecule has 6 heteroatoms. The van der Waals surface area contributed by atoms with Crippen LogP contribution < -0.4 is 0 Å². The summed E-state index contributed by atoms with van der Waals surface area (Å²) in [6.45, 7) is 3.82. The Balaban J connectivity index is 2.29. The van der Waals surface area contributed by atoms with Crippen molar-refractivity contribution in [3.8, 4) is 0 Å². The molecule has 0 bridgehead atoms. The minimum Gasteiger partial charge on any atom is -0.467 e. The maximum atomic E-state index is 12.3. The summed E-state index contributed by atoms with van der Waals surface area (Å²) in [5, 5.41) is 0. The van der Waals surface area contributed by atoms with E-state index in [1.165, 1.54) is 24.4 Å². The van der Waals surface area contributed by atoms with Gasteiger partial charge in [0.1, 0.15) is 6.04 Å². The van der Waals surface area contributed by atoms with Crippen molar-refractivity contribution in [2.24, 2.45) is 0 Å². The molecule has 0 aliphatic rings. The Morgan fingerprint density at radius 3 is 2.70 bits per heavy atom. The Morgan fingerprint density at radius 1 is 1.39 bits per heavy atom. The topological polar surface area (TPSA) is 75.3 Å². The summed E-state index contributed by atoms with van der Waals surface area (Å²) in [6.07, 6.45) is 4.64. The quantitative estimate of drug-likeness (QED) is 0.624. The Hall–Kier alpha value is -2.89. The number of nitrogens with zero attached hydrogens (tertiary/aromatic N) is 2. The fourth-order valence-electron chi connectivity index (χ4n) is 2.30. The predicted octanol–water partition coefficient (Wildman–Crippen LogP) is 1.71. The fraction of sp³-hybridized carbons (Fsp3) is 0.235. The standard InChI is InChI=1S/C17H19N3O3/c1-3-16(21)20(11-13-7-5-4-6-8-13)15(17(22)23-2)9-14-10-18-12-19-14/h3-8,10,12,15H,1,9,11H2,2H3,(H,18,19)/t15-/m0/s1. The van der Waals surface area contributed by atoms with Crippen molar-refractivity contribution in [3.63, 3.8) is 0 Å². The molecule has 0 saturated carbocycles. The minimum atomic E-state index is -0.758. The molecule has 0 unspecified atom stereocenters. The summed E-state index contributed by atoms with van der Waals surface area (Å²) in [5.74, 6) is -0.811. The van der Waals surface area contributed by atoms with Crippen LogP contribution in [0.25, 0.3) is 0 Å². The first-order valence-electron chi connectivity index (χ1n) is 7.17. The first-order chi connectivity index (χ1) is 11.2. The first kappa shape index (κ1) is 16.5. The van der Waals surface area contributed by atoms with Crippen molar-refractivity contribution in [2.75, 3.05) is 7.11 Å². The van der Waals surface area contributed by atoms with Crippen molar-refractivity contribution < 1.29 is 14.3 Å². The number of rotatable bonds is 7. The van der Waals surface area contributed by atoms with Crippen LogP contribution in [0.3, 0.4) is 0 Å². The number of amides is 1. The zero-order valence-electron chi connectivity index (χ0n) is 12.9. The highest BCUT2D eigenvalue weighted by molar-refractivity contribution is 5.91. The Kier molecular flexibility index (Phi) is 5.68. The van der Waals surface area contributed by atoms with Gasteiger partial charge in [0.15, 0.2) is 0 Å². The van der Waals surface area contributed by atoms with Crippen LogP contribution in [0, 0.1) is 0 Å². The maximum Gasteiger partial charge on any atom is 0.329 e. The number of carbonyl (C=O) groups excluding carboxylic acids is 2. The Bertz CT molecular complexity index is 653. The first-order valence-corrected chi connectivity index (χ1v) is 7.17. The largest absolute Gasteiger partial charge is 0.467 e. The number of hydrogen-bond donors (Lipinski definition) is 1. The van der Waals surface area contributed by atoms with E-state index >= 15 is 0 Å². The molecule has 0 saturated heterocycles. The molecule has 0 spiro atoms. The van der Waals surface area contributed by atoms with Crippen LogP contribution in [0.2, 0.25) is 0 Å². The van der Waals surface area contributed by atoms with E-state index in [1.54, 1.807) is 6.20 Å². The zero-order valence-corrected chi connectivity index (χ0v) is 12.9. The molecule has 120 valence electrons. The van der Waals surface area contributed by atoms with Crippen LogP contribution >= 0.6 is 0 Å². The van der Waals surface area contributed by atoms with Crippen molar-refractivity contribution in [2.45, 2.75) is 19.0 Å². The number of esters is 1. The molecular formula is C17H19N3O3. The summed E-state index contributed by atoms with van der Waals surface area (Å²) < 4.78 is 4.87. The van der Waals surface area contributed by atoms with Gasteiger partial charge in [-0.05, 0) is 11.6 Å². The third-order valence-electron chi connectivity index (χ3n) is 3.47. The van der Waals surface area contributed by atoms with Gasteiger partial charge in [-0.25, -0.2) is 9.78 Å². The molecule has 1 atom stereocenters. The van der Waals surface area contributed by atoms with E-state index < -0.39 is 12.0 Å². The second-order valence-corrected chi connectivity index (χ2v) is 4.98. The van der Waals surface area contributed by atoms with Crippen molar-refractivity contribution >= 4 is 11.9 Å². The number of carbonyl (C=O) groups is 2. The molecule has 1 heterocycles. The maximum absolute atomic E-state index is 12.3. The van der Waals surface area contributed by atoms with Crippen LogP contribution in [0.1, 0.15) is 11.3 Å². The molecule has 0 aliphatic carbocycles. The number of H-pyrrole nitrogens is 1. The van der Waals surface area contributed by atoms with Gasteiger partial charge in [-0.1, -0.05) is 36.9 Å². The van der Waals surface area contributed by atoms with Crippen LogP contribution in [0.5, 0.6) is 0 Å². The molecule has 0 radical (unpaired) electrons. The van der Waals surface area contributed by atoms with Gasteiger partial charge in [-0.3, -0.25) is 4.79 Å². The average Bonchev–Trinajstić information content (AvgIpc) is 3.10. The molecule has 2 rings (SSSR count). The van der Waals surface area contributed by atoms with Gasteiger partial charge in [0, 0.05) is 24.9 Å². The van der Waals surface area contributed by atoms with E-state index in [1.807, 2.05) is 30.3 Å². The second-order valence-electron chi connectivity index (χ2n) is 4.98. The normalized spacial score (nSPS) is 11.5. The monoisotopic (exact) mass is 313 g/mol. The molecule has 6 nitrogen and oxygen atoms in total.